The molecule has 4 nitrogen and oxygen atoms in total. The largest absolute Gasteiger partial charge is 0.385 e. The summed E-state index contributed by atoms with van der Waals surface area (Å²) in [4.78, 5) is 4.79. The quantitative estimate of drug-likeness (QED) is 0.616. The van der Waals surface area contributed by atoms with Gasteiger partial charge in [-0.05, 0) is 36.6 Å². The molecule has 1 aliphatic rings. The minimum absolute atomic E-state index is 0.0997. The fraction of sp³-hybridized carbons (Fsp3) is 0.208. The second kappa shape index (κ2) is 9.60. The number of hydrogen-bond donors (Lipinski definition) is 3. The van der Waals surface area contributed by atoms with Gasteiger partial charge in [0, 0.05) is 23.6 Å². The van der Waals surface area contributed by atoms with E-state index in [1.807, 2.05) is 55.5 Å². The van der Waals surface area contributed by atoms with Crippen molar-refractivity contribution in [3.05, 3.63) is 102 Å². The first-order chi connectivity index (χ1) is 13.7. The van der Waals surface area contributed by atoms with E-state index in [1.165, 1.54) is 0 Å². The summed E-state index contributed by atoms with van der Waals surface area (Å²) in [5, 5.41) is 10.2. The molecule has 28 heavy (non-hydrogen) atoms. The Labute approximate surface area is 167 Å². The van der Waals surface area contributed by atoms with Crippen molar-refractivity contribution in [2.75, 3.05) is 6.54 Å². The molecule has 1 aliphatic heterocycles. The number of hydrogen-bond acceptors (Lipinski definition) is 4. The first-order valence-electron chi connectivity index (χ1n) is 9.70. The van der Waals surface area contributed by atoms with Crippen LogP contribution in [0.5, 0.6) is 0 Å². The van der Waals surface area contributed by atoms with Crippen molar-refractivity contribution in [2.45, 2.75) is 26.4 Å². The van der Waals surface area contributed by atoms with Gasteiger partial charge in [-0.3, -0.25) is 0 Å². The maximum Gasteiger partial charge on any atom is 0.146 e. The highest BCUT2D eigenvalue weighted by molar-refractivity contribution is 5.95. The first kappa shape index (κ1) is 19.5. The third-order valence-corrected chi connectivity index (χ3v) is 4.36. The van der Waals surface area contributed by atoms with Crippen LogP contribution in [0.4, 0.5) is 0 Å². The molecule has 1 heterocycles. The van der Waals surface area contributed by atoms with Crippen LogP contribution in [-0.2, 0) is 0 Å². The highest BCUT2D eigenvalue weighted by Gasteiger charge is 2.15. The number of nitrogens with zero attached hydrogens (tertiary/aromatic N) is 1. The predicted octanol–water partition coefficient (Wildman–Crippen LogP) is 4.73. The topological polar surface area (TPSA) is 48.5 Å². The van der Waals surface area contributed by atoms with Crippen LogP contribution in [0.2, 0.25) is 0 Å². The summed E-state index contributed by atoms with van der Waals surface area (Å²) in [6, 6.07) is 20.5. The lowest BCUT2D eigenvalue weighted by molar-refractivity contribution is 0.615. The van der Waals surface area contributed by atoms with Gasteiger partial charge in [0.25, 0.3) is 0 Å². The van der Waals surface area contributed by atoms with E-state index in [0.29, 0.717) is 0 Å². The van der Waals surface area contributed by atoms with Gasteiger partial charge < -0.3 is 16.0 Å². The lowest BCUT2D eigenvalue weighted by atomic mass is 10.1. The number of allylic oxidation sites excluding steroid dienone is 2. The molecule has 3 N–H and O–H groups in total. The minimum atomic E-state index is -0.0997. The summed E-state index contributed by atoms with van der Waals surface area (Å²) in [5.74, 6) is 0.800. The molecule has 0 saturated carbocycles. The van der Waals surface area contributed by atoms with Crippen molar-refractivity contribution in [2.24, 2.45) is 4.99 Å². The van der Waals surface area contributed by atoms with Crippen LogP contribution in [0.3, 0.4) is 0 Å². The zero-order valence-corrected chi connectivity index (χ0v) is 16.6. The fourth-order valence-electron chi connectivity index (χ4n) is 3.02. The number of aliphatic imine (C=N–C) groups is 1. The average molecular weight is 373 g/mol. The highest BCUT2D eigenvalue weighted by atomic mass is 15.1. The molecule has 1 atom stereocenters. The van der Waals surface area contributed by atoms with Crippen LogP contribution in [-0.4, -0.2) is 12.4 Å². The van der Waals surface area contributed by atoms with Crippen LogP contribution < -0.4 is 16.0 Å². The van der Waals surface area contributed by atoms with Gasteiger partial charge in [-0.15, -0.1) is 0 Å². The second-order valence-electron chi connectivity index (χ2n) is 6.80. The zero-order valence-electron chi connectivity index (χ0n) is 16.6. The molecule has 0 amide bonds. The third kappa shape index (κ3) is 5.36. The smallest absolute Gasteiger partial charge is 0.146 e. The van der Waals surface area contributed by atoms with Gasteiger partial charge in [-0.25, -0.2) is 4.99 Å². The standard InChI is InChI=1S/C24H28N4/c1-4-15-25-22(20-11-7-5-8-12-20)16-18(2)26-23-17-19(3)27-24(28-23)21-13-9-6-10-14-21/h5-14,16-17,24-25,27H,2,4,15H2,1,3H3,(H,26,28)/b22-16-. The molecule has 2 aromatic carbocycles. The highest BCUT2D eigenvalue weighted by Crippen LogP contribution is 2.19. The summed E-state index contributed by atoms with van der Waals surface area (Å²) >= 11 is 0. The van der Waals surface area contributed by atoms with Crippen molar-refractivity contribution >= 4 is 11.5 Å². The van der Waals surface area contributed by atoms with Crippen molar-refractivity contribution in [3.8, 4) is 0 Å². The molecule has 0 spiro atoms. The summed E-state index contributed by atoms with van der Waals surface area (Å²) < 4.78 is 0. The van der Waals surface area contributed by atoms with Crippen molar-refractivity contribution in [1.82, 2.24) is 16.0 Å². The predicted molar refractivity (Wildman–Crippen MR) is 118 cm³/mol. The van der Waals surface area contributed by atoms with Gasteiger partial charge in [-0.1, -0.05) is 74.2 Å². The molecule has 4 heteroatoms. The molecule has 1 unspecified atom stereocenters. The maximum atomic E-state index is 4.79. The Morgan fingerprint density at radius 3 is 2.46 bits per heavy atom. The molecule has 0 saturated heterocycles. The minimum Gasteiger partial charge on any atom is -0.385 e. The van der Waals surface area contributed by atoms with Gasteiger partial charge in [0.05, 0.1) is 0 Å². The van der Waals surface area contributed by atoms with E-state index in [-0.39, 0.29) is 6.17 Å². The van der Waals surface area contributed by atoms with Crippen molar-refractivity contribution in [1.29, 1.82) is 0 Å². The molecule has 0 radical (unpaired) electrons. The zero-order chi connectivity index (χ0) is 19.8. The lowest BCUT2D eigenvalue weighted by Gasteiger charge is -2.23. The van der Waals surface area contributed by atoms with E-state index in [9.17, 15) is 0 Å². The third-order valence-electron chi connectivity index (χ3n) is 4.36. The van der Waals surface area contributed by atoms with Crippen molar-refractivity contribution in [3.63, 3.8) is 0 Å². The average Bonchev–Trinajstić information content (AvgIpc) is 2.72. The number of rotatable bonds is 7. The molecule has 3 rings (SSSR count). The number of nitrogens with one attached hydrogen (secondary N) is 3. The Kier molecular flexibility index (Phi) is 6.68. The molecule has 0 aliphatic carbocycles. The van der Waals surface area contributed by atoms with Gasteiger partial charge >= 0.3 is 0 Å². The fourth-order valence-corrected chi connectivity index (χ4v) is 3.02. The number of benzene rings is 2. The SMILES string of the molecule is C=C(/C=C(\NCCC)c1ccccc1)NC1=NC(c2ccccc2)NC(C)=C1. The Bertz CT molecular complexity index is 879. The lowest BCUT2D eigenvalue weighted by Crippen LogP contribution is -2.30. The summed E-state index contributed by atoms with van der Waals surface area (Å²) in [6.07, 6.45) is 5.00. The molecule has 0 fully saturated rings. The Morgan fingerprint density at radius 2 is 1.79 bits per heavy atom. The van der Waals surface area contributed by atoms with Crippen LogP contribution in [0, 0.1) is 0 Å². The van der Waals surface area contributed by atoms with Gasteiger partial charge in [-0.2, -0.15) is 0 Å². The summed E-state index contributed by atoms with van der Waals surface area (Å²) in [6.45, 7) is 9.30. The summed E-state index contributed by atoms with van der Waals surface area (Å²) in [7, 11) is 0. The molecular weight excluding hydrogens is 344 g/mol. The van der Waals surface area contributed by atoms with Crippen LogP contribution in [0.1, 0.15) is 37.6 Å². The Balaban J connectivity index is 1.77. The van der Waals surface area contributed by atoms with E-state index < -0.39 is 0 Å². The van der Waals surface area contributed by atoms with E-state index in [4.69, 9.17) is 4.99 Å². The monoisotopic (exact) mass is 372 g/mol. The molecule has 2 aromatic rings. The number of amidine groups is 1. The first-order valence-corrected chi connectivity index (χ1v) is 9.70. The van der Waals surface area contributed by atoms with Gasteiger partial charge in [0.1, 0.15) is 12.0 Å². The van der Waals surface area contributed by atoms with E-state index >= 15 is 0 Å². The van der Waals surface area contributed by atoms with E-state index in [1.54, 1.807) is 0 Å². The molecule has 0 aromatic heterocycles. The summed E-state index contributed by atoms with van der Waals surface area (Å²) in [5.41, 5.74) is 5.18. The molecular formula is C24H28N4. The Hall–Kier alpha value is -3.27. The van der Waals surface area contributed by atoms with Crippen LogP contribution in [0.25, 0.3) is 5.70 Å². The molecule has 144 valence electrons. The molecule has 0 bridgehead atoms. The van der Waals surface area contributed by atoms with E-state index in [0.717, 1.165) is 47.0 Å². The maximum absolute atomic E-state index is 4.79. The normalized spacial score (nSPS) is 16.5. The van der Waals surface area contributed by atoms with Crippen LogP contribution in [0.15, 0.2) is 95.8 Å². The van der Waals surface area contributed by atoms with E-state index in [2.05, 4.69) is 53.7 Å². The van der Waals surface area contributed by atoms with Gasteiger partial charge in [0.15, 0.2) is 0 Å². The van der Waals surface area contributed by atoms with Gasteiger partial charge in [0.2, 0.25) is 0 Å². The van der Waals surface area contributed by atoms with Crippen LogP contribution >= 0.6 is 0 Å². The second-order valence-corrected chi connectivity index (χ2v) is 6.80. The Morgan fingerprint density at radius 1 is 1.11 bits per heavy atom. The van der Waals surface area contributed by atoms with Crippen molar-refractivity contribution < 1.29 is 0 Å².